The molecule has 0 aliphatic carbocycles. The number of aliphatic hydroxyl groups excluding tert-OH is 1. The predicted octanol–water partition coefficient (Wildman–Crippen LogP) is 1.34. The topological polar surface area (TPSA) is 87.1 Å². The van der Waals surface area contributed by atoms with Crippen LogP contribution in [0.1, 0.15) is 28.4 Å². The van der Waals surface area contributed by atoms with E-state index in [0.717, 1.165) is 12.3 Å². The van der Waals surface area contributed by atoms with Crippen LogP contribution in [0.15, 0.2) is 41.3 Å². The van der Waals surface area contributed by atoms with E-state index >= 15 is 0 Å². The van der Waals surface area contributed by atoms with Gasteiger partial charge in [0.05, 0.1) is 18.5 Å². The lowest BCUT2D eigenvalue weighted by Gasteiger charge is -2.41. The summed E-state index contributed by atoms with van der Waals surface area (Å²) in [7, 11) is 0. The number of hydrogen-bond acceptors (Lipinski definition) is 6. The van der Waals surface area contributed by atoms with Gasteiger partial charge in [-0.2, -0.15) is 0 Å². The van der Waals surface area contributed by atoms with Crippen molar-refractivity contribution in [2.24, 2.45) is 0 Å². The molecule has 0 saturated carbocycles. The fourth-order valence-electron chi connectivity index (χ4n) is 3.72. The number of carbonyl (C=O) groups excluding carboxylic acids is 1. The average Bonchev–Trinajstić information content (AvgIpc) is 3.29. The summed E-state index contributed by atoms with van der Waals surface area (Å²) in [5.41, 5.74) is 1.23. The summed E-state index contributed by atoms with van der Waals surface area (Å²) in [5.74, 6) is 1.37. The van der Waals surface area contributed by atoms with Crippen molar-refractivity contribution >= 4 is 11.7 Å². The molecule has 1 fully saturated rings. The molecule has 8 heteroatoms. The summed E-state index contributed by atoms with van der Waals surface area (Å²) in [5, 5.41) is 9.48. The summed E-state index contributed by atoms with van der Waals surface area (Å²) in [4.78, 5) is 25.9. The lowest BCUT2D eigenvalue weighted by Crippen LogP contribution is -2.54. The van der Waals surface area contributed by atoms with E-state index in [-0.39, 0.29) is 18.6 Å². The minimum atomic E-state index is -0.0476. The van der Waals surface area contributed by atoms with Gasteiger partial charge in [-0.15, -0.1) is 0 Å². The molecule has 1 N–H and O–H groups in total. The van der Waals surface area contributed by atoms with E-state index in [1.165, 1.54) is 0 Å². The molecule has 1 saturated heterocycles. The zero-order valence-corrected chi connectivity index (χ0v) is 15.3. The Balaban J connectivity index is 1.54. The highest BCUT2D eigenvalue weighted by Crippen LogP contribution is 2.20. The monoisotopic (exact) mass is 369 g/mol. The molecule has 142 valence electrons. The Bertz CT molecular complexity index is 921. The number of aromatic nitrogens is 3. The zero-order valence-electron chi connectivity index (χ0n) is 15.3. The maximum Gasteiger partial charge on any atom is 0.272 e. The highest BCUT2D eigenvalue weighted by Gasteiger charge is 2.32. The molecule has 27 heavy (non-hydrogen) atoms. The van der Waals surface area contributed by atoms with Crippen LogP contribution in [0.25, 0.3) is 5.78 Å². The number of imidazole rings is 1. The van der Waals surface area contributed by atoms with Gasteiger partial charge in [-0.25, -0.2) is 9.97 Å². The Morgan fingerprint density at radius 3 is 3.04 bits per heavy atom. The van der Waals surface area contributed by atoms with Crippen molar-refractivity contribution < 1.29 is 14.3 Å². The SMILES string of the molecule is Cc1nc2ncccn2c1C(=O)N1CCN(Cc2ccco2)[C@H](CCO)C1. The van der Waals surface area contributed by atoms with E-state index in [1.54, 1.807) is 22.9 Å². The van der Waals surface area contributed by atoms with Crippen molar-refractivity contribution in [2.75, 3.05) is 26.2 Å². The van der Waals surface area contributed by atoms with Gasteiger partial charge in [0.25, 0.3) is 5.91 Å². The van der Waals surface area contributed by atoms with Gasteiger partial charge in [-0.05, 0) is 31.5 Å². The number of piperazine rings is 1. The molecular formula is C19H23N5O3. The molecular weight excluding hydrogens is 346 g/mol. The van der Waals surface area contributed by atoms with Gasteiger partial charge >= 0.3 is 0 Å². The summed E-state index contributed by atoms with van der Waals surface area (Å²) in [6.45, 7) is 4.50. The largest absolute Gasteiger partial charge is 0.468 e. The molecule has 4 rings (SSSR count). The standard InChI is InChI=1S/C19H23N5O3/c1-14-17(24-7-3-6-20-19(24)21-14)18(26)23-9-8-22(15(12-23)5-10-25)13-16-4-2-11-27-16/h2-4,6-7,11,15,25H,5,8-10,12-13H2,1H3/t15-/m1/s1. The quantitative estimate of drug-likeness (QED) is 0.730. The Morgan fingerprint density at radius 1 is 1.37 bits per heavy atom. The maximum absolute atomic E-state index is 13.2. The lowest BCUT2D eigenvalue weighted by atomic mass is 10.1. The number of furan rings is 1. The third kappa shape index (κ3) is 3.45. The second-order valence-electron chi connectivity index (χ2n) is 6.80. The Kier molecular flexibility index (Phi) is 4.91. The fraction of sp³-hybridized carbons (Fsp3) is 0.421. The number of hydrogen-bond donors (Lipinski definition) is 1. The third-order valence-electron chi connectivity index (χ3n) is 5.07. The summed E-state index contributed by atoms with van der Waals surface area (Å²) < 4.78 is 7.20. The smallest absolute Gasteiger partial charge is 0.272 e. The van der Waals surface area contributed by atoms with Crippen molar-refractivity contribution in [3.63, 3.8) is 0 Å². The second-order valence-corrected chi connectivity index (χ2v) is 6.80. The molecule has 4 heterocycles. The molecule has 3 aromatic rings. The van der Waals surface area contributed by atoms with Crippen LogP contribution in [-0.2, 0) is 6.54 Å². The molecule has 0 unspecified atom stereocenters. The van der Waals surface area contributed by atoms with E-state index in [9.17, 15) is 9.90 Å². The van der Waals surface area contributed by atoms with Gasteiger partial charge in [0.2, 0.25) is 5.78 Å². The molecule has 0 aromatic carbocycles. The molecule has 1 amide bonds. The molecule has 0 bridgehead atoms. The summed E-state index contributed by atoms with van der Waals surface area (Å²) in [6.07, 6.45) is 5.75. The number of aliphatic hydroxyl groups is 1. The van der Waals surface area contributed by atoms with Gasteiger partial charge in [0.1, 0.15) is 11.5 Å². The first kappa shape index (κ1) is 17.7. The first-order chi connectivity index (χ1) is 13.2. The van der Waals surface area contributed by atoms with Crippen LogP contribution in [0.2, 0.25) is 0 Å². The van der Waals surface area contributed by atoms with Gasteiger partial charge in [-0.3, -0.25) is 14.1 Å². The van der Waals surface area contributed by atoms with Crippen molar-refractivity contribution in [3.8, 4) is 0 Å². The van der Waals surface area contributed by atoms with Crippen LogP contribution in [0, 0.1) is 6.92 Å². The van der Waals surface area contributed by atoms with Crippen LogP contribution in [0.4, 0.5) is 0 Å². The van der Waals surface area contributed by atoms with Crippen LogP contribution in [-0.4, -0.2) is 67.5 Å². The minimum absolute atomic E-state index is 0.0476. The molecule has 1 aliphatic heterocycles. The van der Waals surface area contributed by atoms with Crippen molar-refractivity contribution in [3.05, 3.63) is 54.0 Å². The Hall–Kier alpha value is -2.71. The maximum atomic E-state index is 13.2. The van der Waals surface area contributed by atoms with Crippen molar-refractivity contribution in [2.45, 2.75) is 25.9 Å². The summed E-state index contributed by atoms with van der Waals surface area (Å²) in [6, 6.07) is 5.69. The lowest BCUT2D eigenvalue weighted by molar-refractivity contribution is 0.0367. The molecule has 8 nitrogen and oxygen atoms in total. The van der Waals surface area contributed by atoms with Crippen LogP contribution in [0.3, 0.4) is 0 Å². The number of rotatable bonds is 5. The van der Waals surface area contributed by atoms with Crippen molar-refractivity contribution in [1.82, 2.24) is 24.2 Å². The van der Waals surface area contributed by atoms with Crippen LogP contribution < -0.4 is 0 Å². The first-order valence-corrected chi connectivity index (χ1v) is 9.13. The van der Waals surface area contributed by atoms with Crippen LogP contribution in [0.5, 0.6) is 0 Å². The van der Waals surface area contributed by atoms with Gasteiger partial charge < -0.3 is 14.4 Å². The van der Waals surface area contributed by atoms with E-state index in [2.05, 4.69) is 14.9 Å². The Labute approximate surface area is 157 Å². The zero-order chi connectivity index (χ0) is 18.8. The second kappa shape index (κ2) is 7.50. The minimum Gasteiger partial charge on any atom is -0.468 e. The van der Waals surface area contributed by atoms with E-state index in [0.29, 0.717) is 43.2 Å². The van der Waals surface area contributed by atoms with Gasteiger partial charge in [0.15, 0.2) is 0 Å². The predicted molar refractivity (Wildman–Crippen MR) is 98.2 cm³/mol. The number of nitrogens with zero attached hydrogens (tertiary/aromatic N) is 5. The number of fused-ring (bicyclic) bond motifs is 1. The molecule has 3 aromatic heterocycles. The Morgan fingerprint density at radius 2 is 2.26 bits per heavy atom. The normalized spacial score (nSPS) is 18.3. The highest BCUT2D eigenvalue weighted by molar-refractivity contribution is 5.94. The third-order valence-corrected chi connectivity index (χ3v) is 5.07. The van der Waals surface area contributed by atoms with E-state index in [1.807, 2.05) is 30.2 Å². The molecule has 1 aliphatic rings. The average molecular weight is 369 g/mol. The number of carbonyl (C=O) groups is 1. The number of amides is 1. The summed E-state index contributed by atoms with van der Waals surface area (Å²) >= 11 is 0. The fourth-order valence-corrected chi connectivity index (χ4v) is 3.72. The van der Waals surface area contributed by atoms with Gasteiger partial charge in [-0.1, -0.05) is 0 Å². The van der Waals surface area contributed by atoms with Crippen LogP contribution >= 0.6 is 0 Å². The molecule has 0 spiro atoms. The first-order valence-electron chi connectivity index (χ1n) is 9.13. The van der Waals surface area contributed by atoms with E-state index < -0.39 is 0 Å². The highest BCUT2D eigenvalue weighted by atomic mass is 16.3. The van der Waals surface area contributed by atoms with Gasteiger partial charge in [0, 0.05) is 44.7 Å². The molecule has 1 atom stereocenters. The van der Waals surface area contributed by atoms with E-state index in [4.69, 9.17) is 4.42 Å². The van der Waals surface area contributed by atoms with Crippen molar-refractivity contribution in [1.29, 1.82) is 0 Å². The number of aryl methyl sites for hydroxylation is 1. The molecule has 0 radical (unpaired) electrons.